The molecule has 1 aromatic carbocycles. The third-order valence-electron chi connectivity index (χ3n) is 3.81. The molecule has 0 bridgehead atoms. The van der Waals surface area contributed by atoms with Crippen LogP contribution in [0.25, 0.3) is 10.9 Å². The molecule has 2 heterocycles. The lowest BCUT2D eigenvalue weighted by Gasteiger charge is -2.24. The summed E-state index contributed by atoms with van der Waals surface area (Å²) in [5.74, 6) is 0.428. The van der Waals surface area contributed by atoms with Crippen LogP contribution in [0.3, 0.4) is 0 Å². The first-order valence-electron chi connectivity index (χ1n) is 7.04. The highest BCUT2D eigenvalue weighted by molar-refractivity contribution is 7.91. The number of rotatable bonds is 2. The van der Waals surface area contributed by atoms with Gasteiger partial charge in [-0.1, -0.05) is 18.2 Å². The molecule has 0 atom stereocenters. The number of anilines is 1. The fraction of sp³-hybridized carbons (Fsp3) is 0.400. The summed E-state index contributed by atoms with van der Waals surface area (Å²) >= 11 is 0. The Bertz CT molecular complexity index is 759. The lowest BCUT2D eigenvalue weighted by atomic mass is 10.1. The van der Waals surface area contributed by atoms with Gasteiger partial charge < -0.3 is 10.0 Å². The van der Waals surface area contributed by atoms with E-state index in [1.807, 2.05) is 30.3 Å². The minimum atomic E-state index is -2.94. The Labute approximate surface area is 124 Å². The van der Waals surface area contributed by atoms with Crippen LogP contribution in [0.5, 0.6) is 0 Å². The predicted octanol–water partition coefficient (Wildman–Crippen LogP) is 1.35. The van der Waals surface area contributed by atoms with Crippen LogP contribution in [-0.2, 0) is 16.4 Å². The second-order valence-corrected chi connectivity index (χ2v) is 7.60. The number of fused-ring (bicyclic) bond motifs is 1. The van der Waals surface area contributed by atoms with Gasteiger partial charge in [0.15, 0.2) is 9.84 Å². The van der Waals surface area contributed by atoms with Crippen molar-refractivity contribution >= 4 is 26.4 Å². The molecule has 0 aliphatic carbocycles. The number of hydrogen-bond donors (Lipinski definition) is 1. The highest BCUT2D eigenvalue weighted by Crippen LogP contribution is 2.28. The maximum atomic E-state index is 11.8. The molecule has 1 aromatic heterocycles. The molecule has 0 unspecified atom stereocenters. The summed E-state index contributed by atoms with van der Waals surface area (Å²) in [6.45, 7) is 1.07. The van der Waals surface area contributed by atoms with E-state index in [1.54, 1.807) is 0 Å². The van der Waals surface area contributed by atoms with Crippen molar-refractivity contribution in [1.29, 1.82) is 0 Å². The molecule has 0 amide bonds. The number of aliphatic hydroxyl groups is 1. The summed E-state index contributed by atoms with van der Waals surface area (Å²) in [6, 6.07) is 9.61. The molecule has 0 radical (unpaired) electrons. The zero-order valence-electron chi connectivity index (χ0n) is 11.7. The molecule has 1 aliphatic rings. The zero-order chi connectivity index (χ0) is 14.9. The molecule has 1 saturated heterocycles. The lowest BCUT2D eigenvalue weighted by Crippen LogP contribution is -2.27. The second kappa shape index (κ2) is 5.61. The number of pyridine rings is 1. The van der Waals surface area contributed by atoms with E-state index >= 15 is 0 Å². The van der Waals surface area contributed by atoms with Crippen molar-refractivity contribution < 1.29 is 13.5 Å². The highest BCUT2D eigenvalue weighted by Gasteiger charge is 2.21. The van der Waals surface area contributed by atoms with Crippen LogP contribution < -0.4 is 4.90 Å². The normalized spacial score (nSPS) is 18.6. The fourth-order valence-corrected chi connectivity index (χ4v) is 4.00. The Hall–Kier alpha value is -1.66. The van der Waals surface area contributed by atoms with E-state index in [1.165, 1.54) is 0 Å². The number of aliphatic hydroxyl groups excluding tert-OH is 1. The van der Waals surface area contributed by atoms with Gasteiger partial charge in [0, 0.05) is 24.2 Å². The second-order valence-electron chi connectivity index (χ2n) is 5.30. The summed E-state index contributed by atoms with van der Waals surface area (Å²) in [7, 11) is -2.94. The van der Waals surface area contributed by atoms with Gasteiger partial charge in [-0.25, -0.2) is 8.42 Å². The number of nitrogens with zero attached hydrogens (tertiary/aromatic N) is 2. The monoisotopic (exact) mass is 306 g/mol. The molecule has 6 heteroatoms. The van der Waals surface area contributed by atoms with E-state index in [9.17, 15) is 13.5 Å². The number of benzene rings is 1. The summed E-state index contributed by atoms with van der Waals surface area (Å²) < 4.78 is 23.5. The van der Waals surface area contributed by atoms with Crippen LogP contribution in [-0.4, -0.2) is 43.1 Å². The van der Waals surface area contributed by atoms with Gasteiger partial charge in [-0.2, -0.15) is 0 Å². The van der Waals surface area contributed by atoms with Gasteiger partial charge in [-0.15, -0.1) is 0 Å². The van der Waals surface area contributed by atoms with Gasteiger partial charge in [0.25, 0.3) is 0 Å². The van der Waals surface area contributed by atoms with E-state index < -0.39 is 9.84 Å². The summed E-state index contributed by atoms with van der Waals surface area (Å²) in [5, 5.41) is 10.4. The number of para-hydroxylation sites is 1. The summed E-state index contributed by atoms with van der Waals surface area (Å²) in [4.78, 5) is 6.50. The first kappa shape index (κ1) is 14.3. The standard InChI is InChI=1S/C15H18N2O3S/c18-11-12-10-15(13-4-1-2-5-14(13)16-12)17-6-3-8-21(19,20)9-7-17/h1-2,4-5,10,18H,3,6-9,11H2. The molecule has 3 rings (SSSR count). The van der Waals surface area contributed by atoms with Gasteiger partial charge in [0.05, 0.1) is 29.3 Å². The van der Waals surface area contributed by atoms with E-state index in [4.69, 9.17) is 0 Å². The van der Waals surface area contributed by atoms with Crippen molar-refractivity contribution in [3.63, 3.8) is 0 Å². The summed E-state index contributed by atoms with van der Waals surface area (Å²) in [5.41, 5.74) is 2.39. The lowest BCUT2D eigenvalue weighted by molar-refractivity contribution is 0.277. The zero-order valence-corrected chi connectivity index (χ0v) is 12.5. The predicted molar refractivity (Wildman–Crippen MR) is 83.1 cm³/mol. The minimum Gasteiger partial charge on any atom is -0.390 e. The van der Waals surface area contributed by atoms with Gasteiger partial charge in [-0.05, 0) is 18.6 Å². The minimum absolute atomic E-state index is 0.121. The molecule has 0 spiro atoms. The SMILES string of the molecule is O=S1(=O)CCCN(c2cc(CO)nc3ccccc23)CC1. The molecule has 2 aromatic rings. The number of sulfone groups is 1. The van der Waals surface area contributed by atoms with Gasteiger partial charge in [-0.3, -0.25) is 4.98 Å². The number of hydrogen-bond acceptors (Lipinski definition) is 5. The summed E-state index contributed by atoms with van der Waals surface area (Å²) in [6.07, 6.45) is 0.632. The maximum absolute atomic E-state index is 11.8. The quantitative estimate of drug-likeness (QED) is 0.907. The van der Waals surface area contributed by atoms with E-state index in [-0.39, 0.29) is 18.1 Å². The van der Waals surface area contributed by atoms with Crippen LogP contribution in [0.4, 0.5) is 5.69 Å². The molecular formula is C15H18N2O3S. The van der Waals surface area contributed by atoms with Crippen LogP contribution in [0.1, 0.15) is 12.1 Å². The smallest absolute Gasteiger partial charge is 0.152 e. The van der Waals surface area contributed by atoms with Crippen LogP contribution >= 0.6 is 0 Å². The van der Waals surface area contributed by atoms with Crippen LogP contribution in [0, 0.1) is 0 Å². The first-order chi connectivity index (χ1) is 10.1. The van der Waals surface area contributed by atoms with Crippen molar-refractivity contribution in [3.05, 3.63) is 36.0 Å². The third-order valence-corrected chi connectivity index (χ3v) is 5.52. The Morgan fingerprint density at radius 1 is 1.19 bits per heavy atom. The molecule has 112 valence electrons. The maximum Gasteiger partial charge on any atom is 0.152 e. The van der Waals surface area contributed by atoms with Gasteiger partial charge >= 0.3 is 0 Å². The van der Waals surface area contributed by atoms with Crippen LogP contribution in [0.2, 0.25) is 0 Å². The molecule has 0 saturated carbocycles. The van der Waals surface area contributed by atoms with Gasteiger partial charge in [0.1, 0.15) is 0 Å². The van der Waals surface area contributed by atoms with Crippen molar-refractivity contribution in [2.75, 3.05) is 29.5 Å². The van der Waals surface area contributed by atoms with E-state index in [0.717, 1.165) is 16.6 Å². The average molecular weight is 306 g/mol. The molecule has 1 N–H and O–H groups in total. The molecule has 21 heavy (non-hydrogen) atoms. The first-order valence-corrected chi connectivity index (χ1v) is 8.86. The third kappa shape index (κ3) is 3.01. The van der Waals surface area contributed by atoms with Crippen molar-refractivity contribution in [2.24, 2.45) is 0 Å². The van der Waals surface area contributed by atoms with E-state index in [0.29, 0.717) is 25.2 Å². The Morgan fingerprint density at radius 3 is 2.81 bits per heavy atom. The Morgan fingerprint density at radius 2 is 2.00 bits per heavy atom. The molecular weight excluding hydrogens is 288 g/mol. The van der Waals surface area contributed by atoms with E-state index in [2.05, 4.69) is 9.88 Å². The molecule has 5 nitrogen and oxygen atoms in total. The Kier molecular flexibility index (Phi) is 3.82. The van der Waals surface area contributed by atoms with Crippen LogP contribution in [0.15, 0.2) is 30.3 Å². The molecule has 1 aliphatic heterocycles. The average Bonchev–Trinajstić information content (AvgIpc) is 2.67. The van der Waals surface area contributed by atoms with Gasteiger partial charge in [0.2, 0.25) is 0 Å². The Balaban J connectivity index is 2.06. The topological polar surface area (TPSA) is 70.5 Å². The highest BCUT2D eigenvalue weighted by atomic mass is 32.2. The fourth-order valence-electron chi connectivity index (χ4n) is 2.73. The number of aromatic nitrogens is 1. The molecule has 1 fully saturated rings. The largest absolute Gasteiger partial charge is 0.390 e. The van der Waals surface area contributed by atoms with Crippen molar-refractivity contribution in [3.8, 4) is 0 Å². The van der Waals surface area contributed by atoms with Crippen molar-refractivity contribution in [1.82, 2.24) is 4.98 Å². The van der Waals surface area contributed by atoms with Crippen molar-refractivity contribution in [2.45, 2.75) is 13.0 Å².